The van der Waals surface area contributed by atoms with Crippen LogP contribution in [0.2, 0.25) is 0 Å². The van der Waals surface area contributed by atoms with Crippen LogP contribution < -0.4 is 5.73 Å². The van der Waals surface area contributed by atoms with Crippen molar-refractivity contribution < 1.29 is 0 Å². The van der Waals surface area contributed by atoms with E-state index in [4.69, 9.17) is 5.73 Å². The van der Waals surface area contributed by atoms with Crippen LogP contribution in [-0.4, -0.2) is 30.6 Å². The molecule has 0 aromatic heterocycles. The van der Waals surface area contributed by atoms with Gasteiger partial charge in [-0.25, -0.2) is 0 Å². The lowest BCUT2D eigenvalue weighted by atomic mass is 9.96. The van der Waals surface area contributed by atoms with E-state index in [1.54, 1.807) is 0 Å². The van der Waals surface area contributed by atoms with E-state index in [0.29, 0.717) is 6.04 Å². The number of piperidine rings is 1. The van der Waals surface area contributed by atoms with Crippen LogP contribution in [0.1, 0.15) is 26.7 Å². The molecule has 2 unspecified atom stereocenters. The van der Waals surface area contributed by atoms with Crippen LogP contribution >= 0.6 is 0 Å². The molecular weight excluding hydrogens is 160 g/mol. The van der Waals surface area contributed by atoms with Gasteiger partial charge in [-0.1, -0.05) is 12.5 Å². The van der Waals surface area contributed by atoms with Crippen LogP contribution in [-0.2, 0) is 0 Å². The van der Waals surface area contributed by atoms with Crippen LogP contribution in [0, 0.1) is 5.92 Å². The van der Waals surface area contributed by atoms with Crippen molar-refractivity contribution in [3.8, 4) is 0 Å². The van der Waals surface area contributed by atoms with Gasteiger partial charge >= 0.3 is 0 Å². The lowest BCUT2D eigenvalue weighted by molar-refractivity contribution is 0.167. The molecule has 2 nitrogen and oxygen atoms in total. The van der Waals surface area contributed by atoms with Gasteiger partial charge in [-0.2, -0.15) is 0 Å². The molecule has 2 heteroatoms. The first kappa shape index (κ1) is 10.7. The lowest BCUT2D eigenvalue weighted by Crippen LogP contribution is -2.46. The molecule has 0 amide bonds. The molecule has 1 fully saturated rings. The van der Waals surface area contributed by atoms with Gasteiger partial charge in [-0.3, -0.25) is 0 Å². The Bertz CT molecular complexity index is 167. The molecule has 1 rings (SSSR count). The molecule has 2 atom stereocenters. The SMILES string of the molecule is C=C(C)CCN1CC(C)CC(N)C1. The second-order valence-corrected chi connectivity index (χ2v) is 4.57. The molecule has 0 aromatic carbocycles. The van der Waals surface area contributed by atoms with Crippen molar-refractivity contribution >= 4 is 0 Å². The number of hydrogen-bond acceptors (Lipinski definition) is 2. The molecule has 0 radical (unpaired) electrons. The van der Waals surface area contributed by atoms with Crippen molar-refractivity contribution in [3.05, 3.63) is 12.2 Å². The number of nitrogens with two attached hydrogens (primary N) is 1. The van der Waals surface area contributed by atoms with Crippen molar-refractivity contribution in [1.29, 1.82) is 0 Å². The summed E-state index contributed by atoms with van der Waals surface area (Å²) >= 11 is 0. The fraction of sp³-hybridized carbons (Fsp3) is 0.818. The Morgan fingerprint density at radius 1 is 1.54 bits per heavy atom. The van der Waals surface area contributed by atoms with Gasteiger partial charge in [-0.05, 0) is 25.7 Å². The van der Waals surface area contributed by atoms with E-state index in [9.17, 15) is 0 Å². The Kier molecular flexibility index (Phi) is 3.94. The first-order chi connectivity index (χ1) is 6.08. The fourth-order valence-corrected chi connectivity index (χ4v) is 2.04. The van der Waals surface area contributed by atoms with Gasteiger partial charge in [0.2, 0.25) is 0 Å². The Morgan fingerprint density at radius 2 is 2.23 bits per heavy atom. The van der Waals surface area contributed by atoms with Crippen molar-refractivity contribution in [2.24, 2.45) is 11.7 Å². The highest BCUT2D eigenvalue weighted by Crippen LogP contribution is 2.15. The molecule has 0 bridgehead atoms. The molecule has 0 aromatic rings. The molecule has 1 saturated heterocycles. The predicted octanol–water partition coefficient (Wildman–Crippen LogP) is 1.62. The Balaban J connectivity index is 2.28. The molecule has 1 heterocycles. The van der Waals surface area contributed by atoms with E-state index in [-0.39, 0.29) is 0 Å². The first-order valence-electron chi connectivity index (χ1n) is 5.20. The molecule has 0 saturated carbocycles. The molecule has 1 aliphatic rings. The number of nitrogens with zero attached hydrogens (tertiary/aromatic N) is 1. The smallest absolute Gasteiger partial charge is 0.0170 e. The average Bonchev–Trinajstić information content (AvgIpc) is 1.99. The number of rotatable bonds is 3. The van der Waals surface area contributed by atoms with Crippen molar-refractivity contribution in [2.75, 3.05) is 19.6 Å². The van der Waals surface area contributed by atoms with Crippen molar-refractivity contribution in [2.45, 2.75) is 32.7 Å². The highest BCUT2D eigenvalue weighted by Gasteiger charge is 2.21. The predicted molar refractivity (Wildman–Crippen MR) is 57.6 cm³/mol. The topological polar surface area (TPSA) is 29.3 Å². The van der Waals surface area contributed by atoms with Crippen LogP contribution in [0.4, 0.5) is 0 Å². The highest BCUT2D eigenvalue weighted by atomic mass is 15.1. The van der Waals surface area contributed by atoms with Crippen molar-refractivity contribution in [1.82, 2.24) is 4.90 Å². The van der Waals surface area contributed by atoms with Crippen LogP contribution in [0.5, 0.6) is 0 Å². The van der Waals surface area contributed by atoms with Gasteiger partial charge in [0.1, 0.15) is 0 Å². The minimum Gasteiger partial charge on any atom is -0.327 e. The Morgan fingerprint density at radius 3 is 2.77 bits per heavy atom. The van der Waals surface area contributed by atoms with E-state index >= 15 is 0 Å². The second-order valence-electron chi connectivity index (χ2n) is 4.57. The zero-order chi connectivity index (χ0) is 9.84. The lowest BCUT2D eigenvalue weighted by Gasteiger charge is -2.34. The molecule has 13 heavy (non-hydrogen) atoms. The fourth-order valence-electron chi connectivity index (χ4n) is 2.04. The third kappa shape index (κ3) is 3.92. The summed E-state index contributed by atoms with van der Waals surface area (Å²) in [6.07, 6.45) is 2.29. The summed E-state index contributed by atoms with van der Waals surface area (Å²) in [5.74, 6) is 0.758. The normalized spacial score (nSPS) is 30.4. The van der Waals surface area contributed by atoms with Crippen LogP contribution in [0.25, 0.3) is 0 Å². The molecule has 0 spiro atoms. The van der Waals surface area contributed by atoms with Crippen LogP contribution in [0.15, 0.2) is 12.2 Å². The summed E-state index contributed by atoms with van der Waals surface area (Å²) in [5, 5.41) is 0. The summed E-state index contributed by atoms with van der Waals surface area (Å²) in [5.41, 5.74) is 7.23. The van der Waals surface area contributed by atoms with Gasteiger partial charge in [0.15, 0.2) is 0 Å². The summed E-state index contributed by atoms with van der Waals surface area (Å²) in [6, 6.07) is 0.383. The van der Waals surface area contributed by atoms with E-state index in [1.807, 2.05) is 0 Å². The second kappa shape index (κ2) is 4.77. The molecule has 0 aliphatic carbocycles. The molecule has 2 N–H and O–H groups in total. The standard InChI is InChI=1S/C11H22N2/c1-9(2)4-5-13-7-10(3)6-11(12)8-13/h10-11H,1,4-8,12H2,2-3H3. The number of hydrogen-bond donors (Lipinski definition) is 1. The van der Waals surface area contributed by atoms with Crippen LogP contribution in [0.3, 0.4) is 0 Å². The minimum atomic E-state index is 0.383. The van der Waals surface area contributed by atoms with Gasteiger partial charge < -0.3 is 10.6 Å². The van der Waals surface area contributed by atoms with E-state index < -0.39 is 0 Å². The molecular formula is C11H22N2. The van der Waals surface area contributed by atoms with Crippen molar-refractivity contribution in [3.63, 3.8) is 0 Å². The minimum absolute atomic E-state index is 0.383. The van der Waals surface area contributed by atoms with E-state index in [2.05, 4.69) is 25.3 Å². The number of likely N-dealkylation sites (tertiary alicyclic amines) is 1. The summed E-state index contributed by atoms with van der Waals surface area (Å²) in [6.45, 7) is 11.7. The van der Waals surface area contributed by atoms with Gasteiger partial charge in [-0.15, -0.1) is 6.58 Å². The maximum absolute atomic E-state index is 5.96. The highest BCUT2D eigenvalue weighted by molar-refractivity contribution is 4.90. The summed E-state index contributed by atoms with van der Waals surface area (Å²) < 4.78 is 0. The van der Waals surface area contributed by atoms with Gasteiger partial charge in [0, 0.05) is 25.7 Å². The Hall–Kier alpha value is -0.340. The first-order valence-corrected chi connectivity index (χ1v) is 5.20. The maximum Gasteiger partial charge on any atom is 0.0170 e. The quantitative estimate of drug-likeness (QED) is 0.672. The Labute approximate surface area is 81.8 Å². The zero-order valence-electron chi connectivity index (χ0n) is 8.92. The van der Waals surface area contributed by atoms with Gasteiger partial charge in [0.25, 0.3) is 0 Å². The third-order valence-corrected chi connectivity index (χ3v) is 2.62. The van der Waals surface area contributed by atoms with E-state index in [1.165, 1.54) is 18.5 Å². The zero-order valence-corrected chi connectivity index (χ0v) is 8.92. The van der Waals surface area contributed by atoms with Gasteiger partial charge in [0.05, 0.1) is 0 Å². The summed E-state index contributed by atoms with van der Waals surface area (Å²) in [4.78, 5) is 2.47. The van der Waals surface area contributed by atoms with E-state index in [0.717, 1.165) is 25.4 Å². The summed E-state index contributed by atoms with van der Waals surface area (Å²) in [7, 11) is 0. The molecule has 76 valence electrons. The monoisotopic (exact) mass is 182 g/mol. The average molecular weight is 182 g/mol. The molecule has 1 aliphatic heterocycles. The maximum atomic E-state index is 5.96. The largest absolute Gasteiger partial charge is 0.327 e. The third-order valence-electron chi connectivity index (χ3n) is 2.62.